The first-order valence-corrected chi connectivity index (χ1v) is 5.18. The Balaban J connectivity index is 2.86. The Bertz CT molecular complexity index is 385. The highest BCUT2D eigenvalue weighted by Crippen LogP contribution is 2.19. The van der Waals surface area contributed by atoms with Crippen LogP contribution >= 0.6 is 0 Å². The van der Waals surface area contributed by atoms with Crippen LogP contribution in [0.2, 0.25) is 0 Å². The molecule has 86 valence electrons. The van der Waals surface area contributed by atoms with Crippen LogP contribution in [0.1, 0.15) is 13.8 Å². The van der Waals surface area contributed by atoms with E-state index >= 15 is 0 Å². The summed E-state index contributed by atoms with van der Waals surface area (Å²) in [6.07, 6.45) is 0. The Morgan fingerprint density at radius 1 is 1.44 bits per heavy atom. The molecule has 0 aromatic heterocycles. The van der Waals surface area contributed by atoms with Gasteiger partial charge in [-0.3, -0.25) is 10.1 Å². The molecule has 0 bridgehead atoms. The van der Waals surface area contributed by atoms with E-state index in [9.17, 15) is 10.1 Å². The molecule has 1 aromatic carbocycles. The van der Waals surface area contributed by atoms with Crippen LogP contribution < -0.4 is 4.90 Å². The quantitative estimate of drug-likeness (QED) is 0.435. The lowest BCUT2D eigenvalue weighted by atomic mass is 10.2. The minimum atomic E-state index is -0.390. The molecule has 1 aromatic rings. The molecular weight excluding hydrogens is 204 g/mol. The molecule has 0 aliphatic heterocycles. The molecule has 0 aliphatic carbocycles. The summed E-state index contributed by atoms with van der Waals surface area (Å²) in [6.45, 7) is 9.50. The van der Waals surface area contributed by atoms with Gasteiger partial charge in [-0.05, 0) is 26.0 Å². The van der Waals surface area contributed by atoms with E-state index in [1.54, 1.807) is 12.1 Å². The largest absolute Gasteiger partial charge is 0.368 e. The molecule has 0 unspecified atom stereocenters. The average Bonchev–Trinajstić information content (AvgIpc) is 2.25. The van der Waals surface area contributed by atoms with Gasteiger partial charge in [0.15, 0.2) is 0 Å². The van der Waals surface area contributed by atoms with Crippen LogP contribution in [0.4, 0.5) is 11.4 Å². The van der Waals surface area contributed by atoms with Crippen LogP contribution in [0.15, 0.2) is 36.4 Å². The number of anilines is 1. The number of likely N-dealkylation sites (N-methyl/N-ethyl adjacent to an activating group) is 1. The lowest BCUT2D eigenvalue weighted by molar-refractivity contribution is -0.384. The van der Waals surface area contributed by atoms with Gasteiger partial charge in [0.1, 0.15) is 0 Å². The van der Waals surface area contributed by atoms with Crippen LogP contribution in [-0.4, -0.2) is 18.0 Å². The molecule has 0 spiro atoms. The molecule has 16 heavy (non-hydrogen) atoms. The fourth-order valence-electron chi connectivity index (χ4n) is 1.50. The summed E-state index contributed by atoms with van der Waals surface area (Å²) in [7, 11) is 0. The molecule has 0 fully saturated rings. The van der Waals surface area contributed by atoms with Crippen LogP contribution in [-0.2, 0) is 0 Å². The van der Waals surface area contributed by atoms with Crippen LogP contribution in [0.5, 0.6) is 0 Å². The summed E-state index contributed by atoms with van der Waals surface area (Å²) in [5.41, 5.74) is 2.17. The molecule has 4 nitrogen and oxygen atoms in total. The monoisotopic (exact) mass is 220 g/mol. The lowest BCUT2D eigenvalue weighted by Crippen LogP contribution is -2.24. The van der Waals surface area contributed by atoms with E-state index in [0.29, 0.717) is 0 Å². The van der Waals surface area contributed by atoms with Crippen molar-refractivity contribution >= 4 is 11.4 Å². The van der Waals surface area contributed by atoms with Crippen molar-refractivity contribution < 1.29 is 4.92 Å². The summed E-state index contributed by atoms with van der Waals surface area (Å²) in [6, 6.07) is 6.59. The number of non-ortho nitro benzene ring substituents is 1. The van der Waals surface area contributed by atoms with Crippen molar-refractivity contribution in [1.29, 1.82) is 0 Å². The first-order chi connectivity index (χ1) is 7.54. The molecule has 0 amide bonds. The van der Waals surface area contributed by atoms with E-state index in [0.717, 1.165) is 24.4 Å². The number of nitrogens with zero attached hydrogens (tertiary/aromatic N) is 2. The third kappa shape index (κ3) is 3.08. The summed E-state index contributed by atoms with van der Waals surface area (Å²) in [5.74, 6) is 0. The second kappa shape index (κ2) is 5.30. The van der Waals surface area contributed by atoms with Crippen LogP contribution in [0, 0.1) is 10.1 Å². The van der Waals surface area contributed by atoms with Gasteiger partial charge < -0.3 is 4.90 Å². The number of nitro groups is 1. The summed E-state index contributed by atoms with van der Waals surface area (Å²) < 4.78 is 0. The first-order valence-electron chi connectivity index (χ1n) is 5.18. The molecule has 0 aliphatic rings. The molecule has 4 heteroatoms. The summed E-state index contributed by atoms with van der Waals surface area (Å²) in [5, 5.41) is 10.5. The van der Waals surface area contributed by atoms with Gasteiger partial charge >= 0.3 is 0 Å². The zero-order valence-electron chi connectivity index (χ0n) is 9.64. The Morgan fingerprint density at radius 3 is 2.38 bits per heavy atom. The van der Waals surface area contributed by atoms with Crippen molar-refractivity contribution in [3.8, 4) is 0 Å². The highest BCUT2D eigenvalue weighted by atomic mass is 16.6. The Hall–Kier alpha value is -1.84. The van der Waals surface area contributed by atoms with Gasteiger partial charge in [-0.2, -0.15) is 0 Å². The Labute approximate surface area is 95.3 Å². The highest BCUT2D eigenvalue weighted by molar-refractivity contribution is 5.51. The number of rotatable bonds is 5. The van der Waals surface area contributed by atoms with Gasteiger partial charge in [-0.15, -0.1) is 0 Å². The van der Waals surface area contributed by atoms with Crippen molar-refractivity contribution in [1.82, 2.24) is 0 Å². The van der Waals surface area contributed by atoms with E-state index in [2.05, 4.69) is 11.5 Å². The van der Waals surface area contributed by atoms with E-state index in [1.807, 2.05) is 13.8 Å². The molecular formula is C12H16N2O2. The summed E-state index contributed by atoms with van der Waals surface area (Å²) in [4.78, 5) is 12.2. The molecule has 0 heterocycles. The van der Waals surface area contributed by atoms with E-state index in [4.69, 9.17) is 0 Å². The second-order valence-electron chi connectivity index (χ2n) is 3.74. The van der Waals surface area contributed by atoms with E-state index in [1.165, 1.54) is 12.1 Å². The zero-order chi connectivity index (χ0) is 12.1. The highest BCUT2D eigenvalue weighted by Gasteiger charge is 2.07. The van der Waals surface area contributed by atoms with Gasteiger partial charge in [-0.25, -0.2) is 0 Å². The van der Waals surface area contributed by atoms with Gasteiger partial charge in [0.05, 0.1) is 4.92 Å². The number of benzene rings is 1. The minimum Gasteiger partial charge on any atom is -0.368 e. The fourth-order valence-corrected chi connectivity index (χ4v) is 1.50. The van der Waals surface area contributed by atoms with Gasteiger partial charge in [0, 0.05) is 30.9 Å². The van der Waals surface area contributed by atoms with Crippen molar-refractivity contribution in [2.75, 3.05) is 18.0 Å². The SMILES string of the molecule is C=C(C)CN(CC)c1ccc([N+](=O)[O-])cc1. The van der Waals surface area contributed by atoms with Crippen LogP contribution in [0.3, 0.4) is 0 Å². The molecule has 0 radical (unpaired) electrons. The Kier molecular flexibility index (Phi) is 4.05. The van der Waals surface area contributed by atoms with E-state index < -0.39 is 4.92 Å². The molecule has 0 saturated carbocycles. The number of hydrogen-bond donors (Lipinski definition) is 0. The van der Waals surface area contributed by atoms with Gasteiger partial charge in [0.25, 0.3) is 5.69 Å². The van der Waals surface area contributed by atoms with Gasteiger partial charge in [0.2, 0.25) is 0 Å². The first kappa shape index (κ1) is 12.2. The van der Waals surface area contributed by atoms with E-state index in [-0.39, 0.29) is 5.69 Å². The molecule has 0 atom stereocenters. The Morgan fingerprint density at radius 2 is 2.00 bits per heavy atom. The third-order valence-corrected chi connectivity index (χ3v) is 2.27. The fraction of sp³-hybridized carbons (Fsp3) is 0.333. The predicted octanol–water partition coefficient (Wildman–Crippen LogP) is 3.00. The molecule has 1 rings (SSSR count). The lowest BCUT2D eigenvalue weighted by Gasteiger charge is -2.22. The summed E-state index contributed by atoms with van der Waals surface area (Å²) >= 11 is 0. The maximum absolute atomic E-state index is 10.5. The average molecular weight is 220 g/mol. The topological polar surface area (TPSA) is 46.4 Å². The maximum Gasteiger partial charge on any atom is 0.269 e. The minimum absolute atomic E-state index is 0.120. The maximum atomic E-state index is 10.5. The number of hydrogen-bond acceptors (Lipinski definition) is 3. The molecule has 0 saturated heterocycles. The number of nitro benzene ring substituents is 1. The standard InChI is InChI=1S/C12H16N2O2/c1-4-13(9-10(2)3)11-5-7-12(8-6-11)14(15)16/h5-8H,2,4,9H2,1,3H3. The smallest absolute Gasteiger partial charge is 0.269 e. The van der Waals surface area contributed by atoms with Gasteiger partial charge in [-0.1, -0.05) is 12.2 Å². The predicted molar refractivity (Wildman–Crippen MR) is 65.8 cm³/mol. The molecule has 0 N–H and O–H groups in total. The normalized spacial score (nSPS) is 9.88. The zero-order valence-corrected chi connectivity index (χ0v) is 9.64. The van der Waals surface area contributed by atoms with Crippen molar-refractivity contribution in [3.05, 3.63) is 46.5 Å². The van der Waals surface area contributed by atoms with Crippen LogP contribution in [0.25, 0.3) is 0 Å². The third-order valence-electron chi connectivity index (χ3n) is 2.27. The second-order valence-corrected chi connectivity index (χ2v) is 3.74. The van der Waals surface area contributed by atoms with Crippen molar-refractivity contribution in [2.24, 2.45) is 0 Å². The van der Waals surface area contributed by atoms with Crippen molar-refractivity contribution in [3.63, 3.8) is 0 Å². The van der Waals surface area contributed by atoms with Crippen molar-refractivity contribution in [2.45, 2.75) is 13.8 Å².